The maximum atomic E-state index is 13.3. The fourth-order valence-corrected chi connectivity index (χ4v) is 3.89. The highest BCUT2D eigenvalue weighted by Gasteiger charge is 2.25. The average Bonchev–Trinajstić information content (AvgIpc) is 2.86. The zero-order valence-corrected chi connectivity index (χ0v) is 19.7. The highest BCUT2D eigenvalue weighted by molar-refractivity contribution is 5.80. The maximum absolute atomic E-state index is 13.3. The van der Waals surface area contributed by atoms with Crippen molar-refractivity contribution < 1.29 is 9.53 Å². The summed E-state index contributed by atoms with van der Waals surface area (Å²) in [4.78, 5) is 13.3. The third kappa shape index (κ3) is 8.36. The van der Waals surface area contributed by atoms with Crippen LogP contribution >= 0.6 is 0 Å². The van der Waals surface area contributed by atoms with Gasteiger partial charge < -0.3 is 10.1 Å². The van der Waals surface area contributed by atoms with Crippen molar-refractivity contribution in [3.8, 4) is 0 Å². The number of amides is 1. The molecule has 1 N–H and O–H groups in total. The maximum Gasteiger partial charge on any atom is 0.224 e. The van der Waals surface area contributed by atoms with Crippen LogP contribution in [-0.4, -0.2) is 12.5 Å². The number of carbonyl (C=O) groups excluding carboxylic acids is 1. The highest BCUT2D eigenvalue weighted by atomic mass is 16.5. The summed E-state index contributed by atoms with van der Waals surface area (Å²) in [5.74, 6) is 0.0648. The lowest BCUT2D eigenvalue weighted by Crippen LogP contribution is -2.36. The van der Waals surface area contributed by atoms with Gasteiger partial charge in [0.25, 0.3) is 0 Å². The Balaban J connectivity index is 1.56. The number of rotatable bonds is 12. The molecule has 0 unspecified atom stereocenters. The van der Waals surface area contributed by atoms with Crippen molar-refractivity contribution in [3.05, 3.63) is 120 Å². The molecule has 3 atom stereocenters. The molecule has 0 heterocycles. The summed E-state index contributed by atoms with van der Waals surface area (Å²) < 4.78 is 5.78. The number of nitrogens with one attached hydrogen (secondary N) is 1. The van der Waals surface area contributed by atoms with E-state index in [2.05, 4.69) is 60.8 Å². The lowest BCUT2D eigenvalue weighted by Gasteiger charge is -2.24. The molecule has 0 fully saturated rings. The van der Waals surface area contributed by atoms with E-state index in [9.17, 15) is 4.79 Å². The molecule has 0 spiro atoms. The first-order chi connectivity index (χ1) is 16.1. The monoisotopic (exact) mass is 441 g/mol. The molecule has 1 amide bonds. The van der Waals surface area contributed by atoms with Crippen LogP contribution in [0.3, 0.4) is 0 Å². The van der Waals surface area contributed by atoms with E-state index in [0.717, 1.165) is 12.0 Å². The second kappa shape index (κ2) is 13.4. The summed E-state index contributed by atoms with van der Waals surface area (Å²) in [6.45, 7) is 5.46. The number of hydrogen-bond donors (Lipinski definition) is 1. The van der Waals surface area contributed by atoms with Gasteiger partial charge in [-0.25, -0.2) is 0 Å². The van der Waals surface area contributed by atoms with Crippen molar-refractivity contribution in [3.63, 3.8) is 0 Å². The van der Waals surface area contributed by atoms with Gasteiger partial charge in [-0.2, -0.15) is 0 Å². The molecule has 0 bridgehead atoms. The molecule has 0 saturated heterocycles. The van der Waals surface area contributed by atoms with Gasteiger partial charge in [0.05, 0.1) is 19.3 Å². The summed E-state index contributed by atoms with van der Waals surface area (Å²) in [5, 5.41) is 3.23. The fraction of sp³-hybridized carbons (Fsp3) is 0.300. The Labute approximate surface area is 198 Å². The van der Waals surface area contributed by atoms with Gasteiger partial charge in [0.2, 0.25) is 5.91 Å². The lowest BCUT2D eigenvalue weighted by atomic mass is 9.86. The molecule has 0 aliphatic heterocycles. The van der Waals surface area contributed by atoms with Crippen molar-refractivity contribution in [2.24, 2.45) is 11.8 Å². The molecule has 3 aromatic carbocycles. The van der Waals surface area contributed by atoms with Gasteiger partial charge in [0.15, 0.2) is 0 Å². The molecule has 0 radical (unpaired) electrons. The van der Waals surface area contributed by atoms with Crippen LogP contribution in [0.1, 0.15) is 43.0 Å². The quantitative estimate of drug-likeness (QED) is 0.257. The molecular formula is C30H35NO2. The minimum atomic E-state index is -0.139. The Hall–Kier alpha value is -3.17. The van der Waals surface area contributed by atoms with Crippen LogP contribution in [0.2, 0.25) is 0 Å². The predicted octanol–water partition coefficient (Wildman–Crippen LogP) is 6.52. The second-order valence-electron chi connectivity index (χ2n) is 8.55. The normalized spacial score (nSPS) is 14.0. The Morgan fingerprint density at radius 2 is 1.42 bits per heavy atom. The third-order valence-corrected chi connectivity index (χ3v) is 5.91. The molecular weight excluding hydrogens is 406 g/mol. The molecule has 3 nitrogen and oxygen atoms in total. The first kappa shape index (κ1) is 24.5. The topological polar surface area (TPSA) is 38.3 Å². The van der Waals surface area contributed by atoms with Crippen molar-refractivity contribution in [1.82, 2.24) is 5.32 Å². The van der Waals surface area contributed by atoms with E-state index >= 15 is 0 Å². The SMILES string of the molecule is C[C@H](/C=C/CCOCc1ccccc1)[C@H](Cc1ccccc1)C(=O)N[C@H](C)c1ccccc1. The van der Waals surface area contributed by atoms with Crippen LogP contribution in [-0.2, 0) is 22.6 Å². The molecule has 3 rings (SSSR count). The molecule has 0 aromatic heterocycles. The third-order valence-electron chi connectivity index (χ3n) is 5.91. The lowest BCUT2D eigenvalue weighted by molar-refractivity contribution is -0.126. The van der Waals surface area contributed by atoms with Crippen molar-refractivity contribution >= 4 is 5.91 Å². The minimum absolute atomic E-state index is 0.0282. The van der Waals surface area contributed by atoms with Gasteiger partial charge in [-0.05, 0) is 42.4 Å². The zero-order valence-electron chi connectivity index (χ0n) is 19.7. The molecule has 3 heteroatoms. The van der Waals surface area contributed by atoms with Crippen LogP contribution in [0.4, 0.5) is 0 Å². The number of hydrogen-bond acceptors (Lipinski definition) is 2. The van der Waals surface area contributed by atoms with Crippen LogP contribution in [0.25, 0.3) is 0 Å². The van der Waals surface area contributed by atoms with Crippen molar-refractivity contribution in [2.45, 2.75) is 39.3 Å². The van der Waals surface area contributed by atoms with Crippen LogP contribution in [0.5, 0.6) is 0 Å². The fourth-order valence-electron chi connectivity index (χ4n) is 3.89. The number of ether oxygens (including phenoxy) is 1. The van der Waals surface area contributed by atoms with E-state index in [0.29, 0.717) is 19.6 Å². The van der Waals surface area contributed by atoms with E-state index < -0.39 is 0 Å². The van der Waals surface area contributed by atoms with Gasteiger partial charge >= 0.3 is 0 Å². The van der Waals surface area contributed by atoms with Crippen LogP contribution < -0.4 is 5.32 Å². The number of allylic oxidation sites excluding steroid dienone is 1. The number of carbonyl (C=O) groups is 1. The summed E-state index contributed by atoms with van der Waals surface area (Å²) >= 11 is 0. The Kier molecular flexibility index (Phi) is 9.93. The predicted molar refractivity (Wildman–Crippen MR) is 136 cm³/mol. The Bertz CT molecular complexity index is 970. The summed E-state index contributed by atoms with van der Waals surface area (Å²) in [5.41, 5.74) is 3.47. The second-order valence-corrected chi connectivity index (χ2v) is 8.55. The van der Waals surface area contributed by atoms with Gasteiger partial charge in [0.1, 0.15) is 0 Å². The highest BCUT2D eigenvalue weighted by Crippen LogP contribution is 2.22. The molecule has 3 aromatic rings. The standard InChI is InChI=1S/C30H35NO2/c1-24(14-12-13-21-33-23-27-17-8-4-9-18-27)29(22-26-15-6-3-7-16-26)30(32)31-25(2)28-19-10-5-11-20-28/h3-12,14-20,24-25,29H,13,21-23H2,1-2H3,(H,31,32)/b14-12+/t24-,25-,29+/m1/s1. The molecule has 0 saturated carbocycles. The first-order valence-electron chi connectivity index (χ1n) is 11.8. The van der Waals surface area contributed by atoms with Crippen molar-refractivity contribution in [1.29, 1.82) is 0 Å². The van der Waals surface area contributed by atoms with E-state index in [4.69, 9.17) is 4.74 Å². The van der Waals surface area contributed by atoms with Gasteiger partial charge in [-0.3, -0.25) is 4.79 Å². The van der Waals surface area contributed by atoms with E-state index in [1.165, 1.54) is 11.1 Å². The van der Waals surface area contributed by atoms with Crippen LogP contribution in [0.15, 0.2) is 103 Å². The Morgan fingerprint density at radius 1 is 0.848 bits per heavy atom. The van der Waals surface area contributed by atoms with Crippen molar-refractivity contribution in [2.75, 3.05) is 6.61 Å². The zero-order chi connectivity index (χ0) is 23.3. The first-order valence-corrected chi connectivity index (χ1v) is 11.8. The Morgan fingerprint density at radius 3 is 2.06 bits per heavy atom. The average molecular weight is 442 g/mol. The number of benzene rings is 3. The van der Waals surface area contributed by atoms with E-state index in [1.54, 1.807) is 0 Å². The molecule has 172 valence electrons. The van der Waals surface area contributed by atoms with Gasteiger partial charge in [-0.1, -0.05) is 110 Å². The smallest absolute Gasteiger partial charge is 0.224 e. The van der Waals surface area contributed by atoms with E-state index in [1.807, 2.05) is 61.5 Å². The molecule has 0 aliphatic carbocycles. The minimum Gasteiger partial charge on any atom is -0.376 e. The van der Waals surface area contributed by atoms with E-state index in [-0.39, 0.29) is 23.8 Å². The van der Waals surface area contributed by atoms with Gasteiger partial charge in [-0.15, -0.1) is 0 Å². The summed E-state index contributed by atoms with van der Waals surface area (Å²) in [7, 11) is 0. The van der Waals surface area contributed by atoms with Crippen LogP contribution in [0, 0.1) is 11.8 Å². The summed E-state index contributed by atoms with van der Waals surface area (Å²) in [6.07, 6.45) is 5.84. The molecule has 0 aliphatic rings. The summed E-state index contributed by atoms with van der Waals surface area (Å²) in [6, 6.07) is 30.5. The molecule has 33 heavy (non-hydrogen) atoms. The largest absolute Gasteiger partial charge is 0.376 e. The van der Waals surface area contributed by atoms with Gasteiger partial charge in [0, 0.05) is 5.92 Å².